The van der Waals surface area contributed by atoms with Gasteiger partial charge in [-0.2, -0.15) is 8.42 Å². The maximum atomic E-state index is 12.3. The highest BCUT2D eigenvalue weighted by atomic mass is 32.2. The highest BCUT2D eigenvalue weighted by molar-refractivity contribution is 7.92. The number of sulfonamides is 1. The van der Waals surface area contributed by atoms with Crippen LogP contribution in [0, 0.1) is 0 Å². The van der Waals surface area contributed by atoms with Crippen molar-refractivity contribution in [3.05, 3.63) is 36.1 Å². The summed E-state index contributed by atoms with van der Waals surface area (Å²) in [6, 6.07) is 7.22. The molecule has 1 aromatic heterocycles. The average Bonchev–Trinajstić information content (AvgIpc) is 3.17. The SMILES string of the molecule is CCOC(=O)c1ccc(S(=O)(=O)Nc2cccc3c2OCO3)o1. The molecule has 8 nitrogen and oxygen atoms in total. The molecule has 1 N–H and O–H groups in total. The number of furan rings is 1. The first kappa shape index (κ1) is 15.2. The van der Waals surface area contributed by atoms with Crippen LogP contribution in [0.25, 0.3) is 0 Å². The monoisotopic (exact) mass is 339 g/mol. The summed E-state index contributed by atoms with van der Waals surface area (Å²) in [6.45, 7) is 1.81. The zero-order valence-corrected chi connectivity index (χ0v) is 12.9. The van der Waals surface area contributed by atoms with Gasteiger partial charge >= 0.3 is 5.97 Å². The van der Waals surface area contributed by atoms with E-state index in [0.717, 1.165) is 0 Å². The van der Waals surface area contributed by atoms with Crippen LogP contribution in [0.5, 0.6) is 11.5 Å². The molecule has 23 heavy (non-hydrogen) atoms. The van der Waals surface area contributed by atoms with E-state index in [0.29, 0.717) is 11.5 Å². The van der Waals surface area contributed by atoms with Crippen molar-refractivity contribution in [2.75, 3.05) is 18.1 Å². The molecule has 0 spiro atoms. The minimum Gasteiger partial charge on any atom is -0.460 e. The van der Waals surface area contributed by atoms with Crippen molar-refractivity contribution >= 4 is 21.7 Å². The standard InChI is InChI=1S/C14H13NO7S/c1-2-19-14(16)11-6-7-12(22-11)23(17,18)15-9-4-3-5-10-13(9)21-8-20-10/h3-7,15H,2,8H2,1H3. The van der Waals surface area contributed by atoms with E-state index in [2.05, 4.69) is 4.72 Å². The van der Waals surface area contributed by atoms with Crippen LogP contribution in [-0.4, -0.2) is 27.8 Å². The van der Waals surface area contributed by atoms with E-state index in [-0.39, 0.29) is 24.8 Å². The third-order valence-electron chi connectivity index (χ3n) is 2.96. The Balaban J connectivity index is 1.86. The molecule has 3 rings (SSSR count). The number of esters is 1. The predicted molar refractivity (Wildman–Crippen MR) is 78.0 cm³/mol. The Morgan fingerprint density at radius 2 is 2.09 bits per heavy atom. The second-order valence-corrected chi connectivity index (χ2v) is 6.10. The largest absolute Gasteiger partial charge is 0.460 e. The zero-order chi connectivity index (χ0) is 16.4. The number of hydrogen-bond acceptors (Lipinski definition) is 7. The molecule has 9 heteroatoms. The van der Waals surface area contributed by atoms with Gasteiger partial charge in [-0.05, 0) is 31.2 Å². The molecule has 0 aliphatic carbocycles. The van der Waals surface area contributed by atoms with Gasteiger partial charge in [0.25, 0.3) is 10.0 Å². The Bertz CT molecular complexity index is 841. The van der Waals surface area contributed by atoms with Gasteiger partial charge in [-0.3, -0.25) is 4.72 Å². The Morgan fingerprint density at radius 3 is 2.87 bits per heavy atom. The molecular formula is C14H13NO7S. The number of hydrogen-bond donors (Lipinski definition) is 1. The smallest absolute Gasteiger partial charge is 0.374 e. The second kappa shape index (κ2) is 5.84. The number of ether oxygens (including phenoxy) is 3. The van der Waals surface area contributed by atoms with Gasteiger partial charge in [0.1, 0.15) is 0 Å². The Labute approximate surface area is 132 Å². The molecule has 0 saturated carbocycles. The molecule has 0 unspecified atom stereocenters. The lowest BCUT2D eigenvalue weighted by Crippen LogP contribution is -2.12. The van der Waals surface area contributed by atoms with Gasteiger partial charge in [0, 0.05) is 0 Å². The molecule has 1 aliphatic rings. The first-order chi connectivity index (χ1) is 11.0. The summed E-state index contributed by atoms with van der Waals surface area (Å²) < 4.78 is 47.2. The second-order valence-electron chi connectivity index (χ2n) is 4.48. The fraction of sp³-hybridized carbons (Fsp3) is 0.214. The number of carbonyl (C=O) groups excluding carboxylic acids is 1. The first-order valence-corrected chi connectivity index (χ1v) is 8.18. The molecule has 0 amide bonds. The van der Waals surface area contributed by atoms with Crippen molar-refractivity contribution in [2.45, 2.75) is 12.0 Å². The third kappa shape index (κ3) is 2.95. The number of anilines is 1. The molecule has 122 valence electrons. The fourth-order valence-electron chi connectivity index (χ4n) is 1.98. The van der Waals surface area contributed by atoms with E-state index >= 15 is 0 Å². The van der Waals surface area contributed by atoms with Crippen LogP contribution in [0.2, 0.25) is 0 Å². The van der Waals surface area contributed by atoms with Gasteiger partial charge in [-0.1, -0.05) is 6.07 Å². The van der Waals surface area contributed by atoms with E-state index in [1.54, 1.807) is 19.1 Å². The highest BCUT2D eigenvalue weighted by Crippen LogP contribution is 2.39. The Kier molecular flexibility index (Phi) is 3.87. The molecule has 1 aliphatic heterocycles. The normalized spacial score (nSPS) is 12.9. The minimum atomic E-state index is -4.02. The molecule has 0 radical (unpaired) electrons. The molecule has 0 fully saturated rings. The number of fused-ring (bicyclic) bond motifs is 1. The van der Waals surface area contributed by atoms with Gasteiger partial charge in [0.05, 0.1) is 12.3 Å². The van der Waals surface area contributed by atoms with Gasteiger partial charge in [-0.25, -0.2) is 4.79 Å². The van der Waals surface area contributed by atoms with Crippen molar-refractivity contribution in [3.63, 3.8) is 0 Å². The quantitative estimate of drug-likeness (QED) is 0.831. The predicted octanol–water partition coefficient (Wildman–Crippen LogP) is 1.99. The fourth-order valence-corrected chi connectivity index (χ4v) is 2.98. The summed E-state index contributed by atoms with van der Waals surface area (Å²) in [6.07, 6.45) is 0. The summed E-state index contributed by atoms with van der Waals surface area (Å²) in [5.41, 5.74) is 0.217. The van der Waals surface area contributed by atoms with Crippen molar-refractivity contribution in [2.24, 2.45) is 0 Å². The van der Waals surface area contributed by atoms with E-state index in [1.165, 1.54) is 18.2 Å². The lowest BCUT2D eigenvalue weighted by Gasteiger charge is -2.08. The van der Waals surface area contributed by atoms with Crippen LogP contribution >= 0.6 is 0 Å². The Hall–Kier alpha value is -2.68. The maximum absolute atomic E-state index is 12.3. The van der Waals surface area contributed by atoms with E-state index in [4.69, 9.17) is 18.6 Å². The van der Waals surface area contributed by atoms with Crippen molar-refractivity contribution < 1.29 is 31.8 Å². The molecular weight excluding hydrogens is 326 g/mol. The van der Waals surface area contributed by atoms with E-state index in [9.17, 15) is 13.2 Å². The average molecular weight is 339 g/mol. The molecule has 0 saturated heterocycles. The van der Waals surface area contributed by atoms with Crippen molar-refractivity contribution in [1.82, 2.24) is 0 Å². The van der Waals surface area contributed by atoms with Crippen LogP contribution in [0.15, 0.2) is 39.8 Å². The lowest BCUT2D eigenvalue weighted by molar-refractivity contribution is 0.0484. The number of nitrogens with one attached hydrogen (secondary N) is 1. The molecule has 2 aromatic rings. The van der Waals surface area contributed by atoms with Gasteiger partial charge < -0.3 is 18.6 Å². The first-order valence-electron chi connectivity index (χ1n) is 6.69. The van der Waals surface area contributed by atoms with E-state index in [1.807, 2.05) is 0 Å². The van der Waals surface area contributed by atoms with Crippen molar-refractivity contribution in [3.8, 4) is 11.5 Å². The van der Waals surface area contributed by atoms with Crippen LogP contribution in [0.1, 0.15) is 17.5 Å². The summed E-state index contributed by atoms with van der Waals surface area (Å²) in [7, 11) is -4.02. The Morgan fingerprint density at radius 1 is 1.26 bits per heavy atom. The minimum absolute atomic E-state index is 0.0157. The lowest BCUT2D eigenvalue weighted by atomic mass is 10.3. The highest BCUT2D eigenvalue weighted by Gasteiger charge is 2.25. The molecule has 0 bridgehead atoms. The summed E-state index contributed by atoms with van der Waals surface area (Å²) in [5, 5.41) is -0.405. The third-order valence-corrected chi connectivity index (χ3v) is 4.20. The van der Waals surface area contributed by atoms with Crippen LogP contribution in [-0.2, 0) is 14.8 Å². The molecule has 1 aromatic carbocycles. The van der Waals surface area contributed by atoms with Gasteiger partial charge in [0.15, 0.2) is 11.5 Å². The maximum Gasteiger partial charge on any atom is 0.374 e. The number of rotatable bonds is 5. The number of benzene rings is 1. The molecule has 0 atom stereocenters. The van der Waals surface area contributed by atoms with Crippen LogP contribution in [0.4, 0.5) is 5.69 Å². The summed E-state index contributed by atoms with van der Waals surface area (Å²) in [4.78, 5) is 11.5. The van der Waals surface area contributed by atoms with Crippen LogP contribution in [0.3, 0.4) is 0 Å². The topological polar surface area (TPSA) is 104 Å². The van der Waals surface area contributed by atoms with E-state index < -0.39 is 21.1 Å². The van der Waals surface area contributed by atoms with Crippen molar-refractivity contribution in [1.29, 1.82) is 0 Å². The zero-order valence-electron chi connectivity index (χ0n) is 12.1. The van der Waals surface area contributed by atoms with Crippen LogP contribution < -0.4 is 14.2 Å². The molecule has 2 heterocycles. The van der Waals surface area contributed by atoms with Gasteiger partial charge in [-0.15, -0.1) is 0 Å². The summed E-state index contributed by atoms with van der Waals surface area (Å²) >= 11 is 0. The number of para-hydroxylation sites is 1. The van der Waals surface area contributed by atoms with Gasteiger partial charge in [0.2, 0.25) is 17.6 Å². The number of carbonyl (C=O) groups is 1. The summed E-state index contributed by atoms with van der Waals surface area (Å²) in [5.74, 6) is -0.179.